The first-order valence-electron chi connectivity index (χ1n) is 14.0. The van der Waals surface area contributed by atoms with Gasteiger partial charge in [-0.2, -0.15) is 12.6 Å². The smallest absolute Gasteiger partial charge is 0.445 e. The Labute approximate surface area is 258 Å². The molecule has 0 aliphatic carbocycles. The molecule has 2 aromatic rings. The molecule has 2 aromatic carbocycles. The van der Waals surface area contributed by atoms with Crippen molar-refractivity contribution in [2.24, 2.45) is 0 Å². The zero-order valence-corrected chi connectivity index (χ0v) is 24.7. The van der Waals surface area contributed by atoms with Gasteiger partial charge in [-0.15, -0.1) is 0 Å². The summed E-state index contributed by atoms with van der Waals surface area (Å²) in [5.41, 5.74) is 1.06. The highest BCUT2D eigenvalue weighted by molar-refractivity contribution is 7.81. The molecule has 2 heterocycles. The number of thiol groups is 1. The molecule has 44 heavy (non-hydrogen) atoms. The van der Waals surface area contributed by atoms with Crippen molar-refractivity contribution in [1.82, 2.24) is 14.7 Å². The van der Waals surface area contributed by atoms with Gasteiger partial charge in [0.25, 0.3) is 11.4 Å². The molecule has 16 heteroatoms. The van der Waals surface area contributed by atoms with E-state index < -0.39 is 28.1 Å². The van der Waals surface area contributed by atoms with Gasteiger partial charge in [0.15, 0.2) is 0 Å². The van der Waals surface area contributed by atoms with E-state index in [2.05, 4.69) is 17.5 Å². The molecule has 0 saturated carbocycles. The van der Waals surface area contributed by atoms with Crippen LogP contribution in [0.15, 0.2) is 48.5 Å². The molecule has 15 nitrogen and oxygen atoms in total. The number of amides is 2. The van der Waals surface area contributed by atoms with Crippen LogP contribution in [0, 0.1) is 20.2 Å². The van der Waals surface area contributed by atoms with Crippen LogP contribution in [-0.2, 0) is 32.2 Å². The summed E-state index contributed by atoms with van der Waals surface area (Å²) in [5.74, 6) is -0.179. The lowest BCUT2D eigenvalue weighted by atomic mass is 10.2. The Balaban J connectivity index is 1.19. The molecule has 2 fully saturated rings. The maximum atomic E-state index is 13.5. The number of ether oxygens (including phenoxy) is 3. The van der Waals surface area contributed by atoms with E-state index in [4.69, 9.17) is 14.2 Å². The number of carbonyl (C=O) groups excluding carboxylic acids is 3. The van der Waals surface area contributed by atoms with Crippen LogP contribution in [0.25, 0.3) is 0 Å². The molecule has 236 valence electrons. The van der Waals surface area contributed by atoms with Gasteiger partial charge in [-0.3, -0.25) is 34.8 Å². The maximum absolute atomic E-state index is 13.5. The molecular formula is C28H33N5O10S. The van der Waals surface area contributed by atoms with Gasteiger partial charge in [0.05, 0.1) is 9.85 Å². The first kappa shape index (κ1) is 32.5. The second kappa shape index (κ2) is 15.3. The average molecular weight is 632 g/mol. The summed E-state index contributed by atoms with van der Waals surface area (Å²) in [4.78, 5) is 64.1. The van der Waals surface area contributed by atoms with E-state index in [1.165, 1.54) is 53.4 Å². The number of carbonyl (C=O) groups is 3. The number of likely N-dealkylation sites (tertiary alicyclic amines) is 1. The number of non-ortho nitro benzene ring substituents is 2. The zero-order valence-electron chi connectivity index (χ0n) is 23.8. The quantitative estimate of drug-likeness (QED) is 0.176. The van der Waals surface area contributed by atoms with Crippen LogP contribution in [0.3, 0.4) is 0 Å². The lowest BCUT2D eigenvalue weighted by Gasteiger charge is -2.29. The van der Waals surface area contributed by atoms with Crippen LogP contribution in [0.4, 0.5) is 21.0 Å². The number of nitro benzene ring substituents is 2. The third kappa shape index (κ3) is 9.03. The Kier molecular flexibility index (Phi) is 11.3. The summed E-state index contributed by atoms with van der Waals surface area (Å²) in [6.45, 7) is 2.81. The molecule has 0 spiro atoms. The van der Waals surface area contributed by atoms with Crippen molar-refractivity contribution < 1.29 is 38.4 Å². The Morgan fingerprint density at radius 3 is 2.00 bits per heavy atom. The highest BCUT2D eigenvalue weighted by Crippen LogP contribution is 2.25. The van der Waals surface area contributed by atoms with Crippen molar-refractivity contribution in [3.05, 3.63) is 79.9 Å². The van der Waals surface area contributed by atoms with Crippen LogP contribution in [0.5, 0.6) is 0 Å². The van der Waals surface area contributed by atoms with E-state index in [0.29, 0.717) is 56.7 Å². The molecule has 0 bridgehead atoms. The normalized spacial score (nSPS) is 18.8. The van der Waals surface area contributed by atoms with Crippen molar-refractivity contribution in [3.8, 4) is 0 Å². The topological polar surface area (TPSA) is 175 Å². The minimum absolute atomic E-state index is 0.0557. The van der Waals surface area contributed by atoms with E-state index >= 15 is 0 Å². The van der Waals surface area contributed by atoms with Crippen molar-refractivity contribution in [3.63, 3.8) is 0 Å². The van der Waals surface area contributed by atoms with Crippen molar-refractivity contribution in [1.29, 1.82) is 0 Å². The summed E-state index contributed by atoms with van der Waals surface area (Å²) in [6, 6.07) is 10.6. The average Bonchev–Trinajstić information content (AvgIpc) is 3.25. The van der Waals surface area contributed by atoms with Gasteiger partial charge in [0.1, 0.15) is 25.9 Å². The minimum atomic E-state index is -0.849. The van der Waals surface area contributed by atoms with Crippen molar-refractivity contribution in [2.75, 3.05) is 45.9 Å². The molecule has 2 saturated heterocycles. The van der Waals surface area contributed by atoms with Crippen LogP contribution in [0.1, 0.15) is 24.0 Å². The fourth-order valence-corrected chi connectivity index (χ4v) is 5.35. The van der Waals surface area contributed by atoms with Gasteiger partial charge in [0, 0.05) is 68.8 Å². The molecule has 0 radical (unpaired) electrons. The number of hydrogen-bond acceptors (Lipinski definition) is 12. The van der Waals surface area contributed by atoms with E-state index in [-0.39, 0.29) is 48.9 Å². The minimum Gasteiger partial charge on any atom is -0.445 e. The van der Waals surface area contributed by atoms with E-state index in [0.717, 1.165) is 0 Å². The Hall–Kier alpha value is -4.44. The molecule has 0 N–H and O–H groups in total. The van der Waals surface area contributed by atoms with Gasteiger partial charge in [-0.25, -0.2) is 9.59 Å². The molecule has 2 atom stereocenters. The number of rotatable bonds is 10. The fraction of sp³-hybridized carbons (Fsp3) is 0.464. The third-order valence-corrected chi connectivity index (χ3v) is 7.71. The van der Waals surface area contributed by atoms with Crippen LogP contribution in [0.2, 0.25) is 0 Å². The number of hydrogen-bond donors (Lipinski definition) is 1. The van der Waals surface area contributed by atoms with Gasteiger partial charge in [0.2, 0.25) is 5.91 Å². The van der Waals surface area contributed by atoms with E-state index in [1.54, 1.807) is 4.90 Å². The SMILES string of the molecule is O=C(OCCN1CCCN(C(=O)[C@@H]2C[C@H](S)CN2C(=O)OCc2ccc([N+](=O)[O-])cc2)CC1)OCc1ccc([N+](=O)[O-])cc1. The molecule has 0 unspecified atom stereocenters. The number of nitro groups is 2. The Morgan fingerprint density at radius 1 is 0.818 bits per heavy atom. The second-order valence-electron chi connectivity index (χ2n) is 10.4. The third-order valence-electron chi connectivity index (χ3n) is 7.34. The van der Waals surface area contributed by atoms with E-state index in [1.807, 2.05) is 0 Å². The van der Waals surface area contributed by atoms with Gasteiger partial charge >= 0.3 is 12.2 Å². The van der Waals surface area contributed by atoms with Crippen LogP contribution in [-0.4, -0.2) is 99.9 Å². The summed E-state index contributed by atoms with van der Waals surface area (Å²) < 4.78 is 15.6. The molecule has 2 aliphatic heterocycles. The van der Waals surface area contributed by atoms with Gasteiger partial charge < -0.3 is 19.1 Å². The molecule has 2 amide bonds. The van der Waals surface area contributed by atoms with Gasteiger partial charge in [-0.05, 0) is 48.2 Å². The van der Waals surface area contributed by atoms with Crippen LogP contribution >= 0.6 is 12.6 Å². The highest BCUT2D eigenvalue weighted by Gasteiger charge is 2.41. The molecule has 0 aromatic heterocycles. The largest absolute Gasteiger partial charge is 0.508 e. The second-order valence-corrected chi connectivity index (χ2v) is 11.1. The Morgan fingerprint density at radius 2 is 1.41 bits per heavy atom. The fourth-order valence-electron chi connectivity index (χ4n) is 4.97. The number of nitrogens with zero attached hydrogens (tertiary/aromatic N) is 5. The summed E-state index contributed by atoms with van der Waals surface area (Å²) >= 11 is 4.50. The summed E-state index contributed by atoms with van der Waals surface area (Å²) in [5, 5.41) is 21.4. The highest BCUT2D eigenvalue weighted by atomic mass is 32.1. The predicted octanol–water partition coefficient (Wildman–Crippen LogP) is 3.40. The van der Waals surface area contributed by atoms with Crippen molar-refractivity contribution in [2.45, 2.75) is 37.3 Å². The summed E-state index contributed by atoms with van der Waals surface area (Å²) in [7, 11) is 0. The zero-order chi connectivity index (χ0) is 31.6. The lowest BCUT2D eigenvalue weighted by molar-refractivity contribution is -0.385. The lowest BCUT2D eigenvalue weighted by Crippen LogP contribution is -2.49. The Bertz CT molecular complexity index is 1340. The first-order valence-corrected chi connectivity index (χ1v) is 14.5. The van der Waals surface area contributed by atoms with E-state index in [9.17, 15) is 34.6 Å². The maximum Gasteiger partial charge on any atom is 0.508 e. The summed E-state index contributed by atoms with van der Waals surface area (Å²) in [6.07, 6.45) is -0.409. The van der Waals surface area contributed by atoms with Crippen molar-refractivity contribution >= 4 is 42.2 Å². The van der Waals surface area contributed by atoms with Gasteiger partial charge in [-0.1, -0.05) is 0 Å². The monoisotopic (exact) mass is 631 g/mol. The predicted molar refractivity (Wildman–Crippen MR) is 158 cm³/mol. The molecular weight excluding hydrogens is 598 g/mol. The first-order chi connectivity index (χ1) is 21.1. The number of benzene rings is 2. The van der Waals surface area contributed by atoms with Crippen LogP contribution < -0.4 is 0 Å². The molecule has 2 aliphatic rings. The molecule has 4 rings (SSSR count). The standard InChI is InChI=1S/C28H33N5O10S/c34-26(25-16-24(44)17-31(25)27(35)42-18-20-2-6-22(7-3-20)32(37)38)30-11-1-10-29(12-13-30)14-15-41-28(36)43-19-21-4-8-23(9-5-21)33(39)40/h2-9,24-25,44H,1,10-19H2/t24-,25-/m0/s1.